The Morgan fingerprint density at radius 3 is 2.82 bits per heavy atom. The Balaban J connectivity index is 1.61. The Bertz CT molecular complexity index is 790. The molecule has 0 radical (unpaired) electrons. The van der Waals surface area contributed by atoms with Crippen LogP contribution in [0.1, 0.15) is 11.1 Å². The van der Waals surface area contributed by atoms with Gasteiger partial charge in [-0.2, -0.15) is 15.1 Å². The van der Waals surface area contributed by atoms with Gasteiger partial charge < -0.3 is 14.4 Å². The average Bonchev–Trinajstić information content (AvgIpc) is 2.69. The molecule has 0 atom stereocenters. The summed E-state index contributed by atoms with van der Waals surface area (Å²) in [4.78, 5) is 13.1. The average molecular weight is 384 g/mol. The van der Waals surface area contributed by atoms with Crippen LogP contribution in [0.3, 0.4) is 0 Å². The van der Waals surface area contributed by atoms with Crippen molar-refractivity contribution in [2.24, 2.45) is 5.10 Å². The van der Waals surface area contributed by atoms with Gasteiger partial charge in [0.05, 0.1) is 19.4 Å². The zero-order chi connectivity index (χ0) is 19.8. The highest BCUT2D eigenvalue weighted by molar-refractivity contribution is 5.80. The van der Waals surface area contributed by atoms with E-state index < -0.39 is 0 Å². The van der Waals surface area contributed by atoms with E-state index in [4.69, 9.17) is 9.47 Å². The molecule has 1 aliphatic heterocycles. The van der Waals surface area contributed by atoms with E-state index in [2.05, 4.69) is 44.5 Å². The monoisotopic (exact) mass is 384 g/mol. The maximum atomic E-state index is 5.80. The molecule has 1 saturated heterocycles. The predicted octanol–water partition coefficient (Wildman–Crippen LogP) is 2.01. The van der Waals surface area contributed by atoms with Crippen LogP contribution in [0.2, 0.25) is 0 Å². The molecule has 8 nitrogen and oxygen atoms in total. The minimum Gasteiger partial charge on any atom is -0.462 e. The number of benzene rings is 1. The second kappa shape index (κ2) is 10.0. The van der Waals surface area contributed by atoms with Gasteiger partial charge in [-0.25, -0.2) is 0 Å². The number of aromatic nitrogens is 2. The molecular weight excluding hydrogens is 356 g/mol. The van der Waals surface area contributed by atoms with Crippen molar-refractivity contribution in [3.05, 3.63) is 41.5 Å². The van der Waals surface area contributed by atoms with E-state index in [0.29, 0.717) is 18.4 Å². The van der Waals surface area contributed by atoms with Gasteiger partial charge in [0.15, 0.2) is 5.82 Å². The maximum Gasteiger partial charge on any atom is 0.320 e. The molecule has 150 valence electrons. The van der Waals surface area contributed by atoms with Crippen LogP contribution in [0.15, 0.2) is 35.4 Å². The minimum atomic E-state index is 0.340. The van der Waals surface area contributed by atoms with Crippen molar-refractivity contribution < 1.29 is 9.47 Å². The van der Waals surface area contributed by atoms with E-state index in [1.165, 1.54) is 5.56 Å². The summed E-state index contributed by atoms with van der Waals surface area (Å²) in [7, 11) is 3.86. The Labute approximate surface area is 166 Å². The molecule has 8 heteroatoms. The molecule has 1 aromatic carbocycles. The lowest BCUT2D eigenvalue weighted by Gasteiger charge is -2.26. The van der Waals surface area contributed by atoms with Crippen LogP contribution >= 0.6 is 0 Å². The molecule has 0 unspecified atom stereocenters. The molecule has 1 N–H and O–H groups in total. The van der Waals surface area contributed by atoms with Gasteiger partial charge in [0.2, 0.25) is 0 Å². The van der Waals surface area contributed by atoms with Gasteiger partial charge in [-0.3, -0.25) is 10.3 Å². The maximum absolute atomic E-state index is 5.80. The van der Waals surface area contributed by atoms with Gasteiger partial charge in [0, 0.05) is 39.8 Å². The molecule has 2 aromatic rings. The molecule has 0 saturated carbocycles. The molecular formula is C20H28N6O2. The van der Waals surface area contributed by atoms with Crippen LogP contribution in [-0.2, 0) is 4.74 Å². The molecule has 1 aliphatic rings. The van der Waals surface area contributed by atoms with Gasteiger partial charge in [-0.15, -0.1) is 0 Å². The standard InChI is InChI=1S/C20H28N6O2/c1-16-5-4-6-17(13-16)15-21-24-18-14-19(25(2)3)23-20(22-18)28-12-9-26-7-10-27-11-8-26/h4-6,13-15H,7-12H2,1-3H3,(H,22,23,24)/b21-15+. The van der Waals surface area contributed by atoms with E-state index in [1.807, 2.05) is 37.2 Å². The number of nitrogens with one attached hydrogen (secondary N) is 1. The zero-order valence-electron chi connectivity index (χ0n) is 16.8. The second-order valence-corrected chi connectivity index (χ2v) is 6.88. The molecule has 0 aliphatic carbocycles. The number of hydrogen-bond acceptors (Lipinski definition) is 8. The number of rotatable bonds is 8. The van der Waals surface area contributed by atoms with E-state index in [9.17, 15) is 0 Å². The highest BCUT2D eigenvalue weighted by Crippen LogP contribution is 2.18. The molecule has 28 heavy (non-hydrogen) atoms. The summed E-state index contributed by atoms with van der Waals surface area (Å²) in [6.07, 6.45) is 1.77. The normalized spacial score (nSPS) is 15.0. The molecule has 0 amide bonds. The highest BCUT2D eigenvalue weighted by atomic mass is 16.5. The number of nitrogens with zero attached hydrogens (tertiary/aromatic N) is 5. The van der Waals surface area contributed by atoms with Crippen LogP contribution < -0.4 is 15.1 Å². The fraction of sp³-hybridized carbons (Fsp3) is 0.450. The first-order valence-corrected chi connectivity index (χ1v) is 9.45. The third-order valence-corrected chi connectivity index (χ3v) is 4.33. The van der Waals surface area contributed by atoms with Gasteiger partial charge in [0.25, 0.3) is 0 Å². The fourth-order valence-corrected chi connectivity index (χ4v) is 2.78. The first kappa shape index (κ1) is 20.0. The molecule has 1 aromatic heterocycles. The minimum absolute atomic E-state index is 0.340. The van der Waals surface area contributed by atoms with Crippen molar-refractivity contribution in [3.63, 3.8) is 0 Å². The van der Waals surface area contributed by atoms with Gasteiger partial charge in [0.1, 0.15) is 12.4 Å². The summed E-state index contributed by atoms with van der Waals surface area (Å²) >= 11 is 0. The third kappa shape index (κ3) is 6.17. The fourth-order valence-electron chi connectivity index (χ4n) is 2.78. The van der Waals surface area contributed by atoms with Crippen molar-refractivity contribution in [1.82, 2.24) is 14.9 Å². The van der Waals surface area contributed by atoms with E-state index in [1.54, 1.807) is 6.21 Å². The quantitative estimate of drug-likeness (QED) is 0.551. The summed E-state index contributed by atoms with van der Waals surface area (Å²) in [6, 6.07) is 10.3. The molecule has 2 heterocycles. The Morgan fingerprint density at radius 1 is 1.25 bits per heavy atom. The SMILES string of the molecule is Cc1cccc(/C=N/Nc2cc(N(C)C)nc(OCCN3CCOCC3)n2)c1. The predicted molar refractivity (Wildman–Crippen MR) is 112 cm³/mol. The van der Waals surface area contributed by atoms with Crippen LogP contribution in [-0.4, -0.2) is 74.6 Å². The van der Waals surface area contributed by atoms with Gasteiger partial charge in [-0.1, -0.05) is 29.8 Å². The Morgan fingerprint density at radius 2 is 2.07 bits per heavy atom. The van der Waals surface area contributed by atoms with Gasteiger partial charge >= 0.3 is 6.01 Å². The summed E-state index contributed by atoms with van der Waals surface area (Å²) < 4.78 is 11.2. The van der Waals surface area contributed by atoms with Crippen LogP contribution in [0.5, 0.6) is 6.01 Å². The topological polar surface area (TPSA) is 75.1 Å². The Kier molecular flexibility index (Phi) is 7.16. The lowest BCUT2D eigenvalue weighted by Crippen LogP contribution is -2.38. The van der Waals surface area contributed by atoms with Crippen molar-refractivity contribution in [2.45, 2.75) is 6.92 Å². The molecule has 0 spiro atoms. The van der Waals surface area contributed by atoms with Crippen molar-refractivity contribution in [3.8, 4) is 6.01 Å². The van der Waals surface area contributed by atoms with E-state index >= 15 is 0 Å². The second-order valence-electron chi connectivity index (χ2n) is 6.88. The Hall–Kier alpha value is -2.71. The summed E-state index contributed by atoms with van der Waals surface area (Å²) in [6.45, 7) is 6.83. The summed E-state index contributed by atoms with van der Waals surface area (Å²) in [5, 5.41) is 4.29. The van der Waals surface area contributed by atoms with Gasteiger partial charge in [-0.05, 0) is 12.5 Å². The van der Waals surface area contributed by atoms with Crippen molar-refractivity contribution >= 4 is 17.9 Å². The van der Waals surface area contributed by atoms with Crippen LogP contribution in [0.25, 0.3) is 0 Å². The largest absolute Gasteiger partial charge is 0.462 e. The van der Waals surface area contributed by atoms with Crippen LogP contribution in [0, 0.1) is 6.92 Å². The number of hydrogen-bond donors (Lipinski definition) is 1. The molecule has 3 rings (SSSR count). The van der Waals surface area contributed by atoms with Crippen molar-refractivity contribution in [2.75, 3.05) is 63.9 Å². The number of morpholine rings is 1. The zero-order valence-corrected chi connectivity index (χ0v) is 16.8. The first-order chi connectivity index (χ1) is 13.6. The smallest absolute Gasteiger partial charge is 0.320 e. The molecule has 1 fully saturated rings. The highest BCUT2D eigenvalue weighted by Gasteiger charge is 2.11. The summed E-state index contributed by atoms with van der Waals surface area (Å²) in [5.41, 5.74) is 5.19. The number of hydrazone groups is 1. The number of aryl methyl sites for hydroxylation is 1. The van der Waals surface area contributed by atoms with Crippen LogP contribution in [0.4, 0.5) is 11.6 Å². The summed E-state index contributed by atoms with van der Waals surface area (Å²) in [5.74, 6) is 1.34. The lowest BCUT2D eigenvalue weighted by atomic mass is 10.2. The van der Waals surface area contributed by atoms with E-state index in [-0.39, 0.29) is 0 Å². The lowest BCUT2D eigenvalue weighted by molar-refractivity contribution is 0.0317. The van der Waals surface area contributed by atoms with Crippen molar-refractivity contribution in [1.29, 1.82) is 0 Å². The number of ether oxygens (including phenoxy) is 2. The molecule has 0 bridgehead atoms. The van der Waals surface area contributed by atoms with E-state index in [0.717, 1.165) is 44.2 Å². The third-order valence-electron chi connectivity index (χ3n) is 4.33. The first-order valence-electron chi connectivity index (χ1n) is 9.45. The number of anilines is 2.